The number of ether oxygens (including phenoxy) is 1. The minimum Gasteiger partial charge on any atom is -0.396 e. The van der Waals surface area contributed by atoms with Crippen LogP contribution < -0.4 is 10.5 Å². The van der Waals surface area contributed by atoms with Gasteiger partial charge in [0.05, 0.1) is 23.8 Å². The fraction of sp³-hybridized carbons (Fsp3) is 0.385. The first-order valence-electron chi connectivity index (χ1n) is 6.01. The molecular weight excluding hydrogens is 283 g/mol. The van der Waals surface area contributed by atoms with Gasteiger partial charge in [-0.25, -0.2) is 17.5 Å². The van der Waals surface area contributed by atoms with Crippen molar-refractivity contribution >= 4 is 15.7 Å². The van der Waals surface area contributed by atoms with Gasteiger partial charge in [0.1, 0.15) is 5.82 Å². The molecule has 112 valence electrons. The maximum atomic E-state index is 13.4. The predicted octanol–water partition coefficient (Wildman–Crippen LogP) is 1.59. The topological polar surface area (TPSA) is 81.4 Å². The van der Waals surface area contributed by atoms with Crippen LogP contribution in [0.25, 0.3) is 0 Å². The Bertz CT molecular complexity index is 577. The van der Waals surface area contributed by atoms with Crippen molar-refractivity contribution in [2.24, 2.45) is 0 Å². The number of hydrogen-bond donors (Lipinski definition) is 2. The van der Waals surface area contributed by atoms with Gasteiger partial charge in [0.15, 0.2) is 0 Å². The summed E-state index contributed by atoms with van der Waals surface area (Å²) in [6.45, 7) is 7.66. The van der Waals surface area contributed by atoms with Crippen molar-refractivity contribution < 1.29 is 17.5 Å². The zero-order valence-electron chi connectivity index (χ0n) is 11.6. The van der Waals surface area contributed by atoms with Gasteiger partial charge in [0.2, 0.25) is 10.0 Å². The van der Waals surface area contributed by atoms with Crippen molar-refractivity contribution in [3.05, 3.63) is 35.7 Å². The van der Waals surface area contributed by atoms with E-state index in [1.807, 2.05) is 6.92 Å². The number of aryl methyl sites for hydroxylation is 1. The number of nitrogens with two attached hydrogens (primary N) is 1. The molecule has 7 heteroatoms. The van der Waals surface area contributed by atoms with Gasteiger partial charge >= 0.3 is 0 Å². The van der Waals surface area contributed by atoms with Crippen molar-refractivity contribution in [3.8, 4) is 0 Å². The molecular formula is C13H19FN2O3S. The fourth-order valence-corrected chi connectivity index (χ4v) is 2.63. The third-order valence-electron chi connectivity index (χ3n) is 2.45. The summed E-state index contributed by atoms with van der Waals surface area (Å²) in [5.41, 5.74) is 6.28. The lowest BCUT2D eigenvalue weighted by Crippen LogP contribution is -2.28. The first kappa shape index (κ1) is 16.6. The highest BCUT2D eigenvalue weighted by molar-refractivity contribution is 7.89. The number of nitrogens with one attached hydrogen (secondary N) is 1. The minimum absolute atomic E-state index is 0.0613. The average Bonchev–Trinajstić information content (AvgIpc) is 2.34. The summed E-state index contributed by atoms with van der Waals surface area (Å²) in [6, 6.07) is 2.34. The Morgan fingerprint density at radius 2 is 2.15 bits per heavy atom. The zero-order chi connectivity index (χ0) is 15.3. The first-order valence-corrected chi connectivity index (χ1v) is 7.50. The largest absolute Gasteiger partial charge is 0.396 e. The molecule has 1 aromatic rings. The van der Waals surface area contributed by atoms with E-state index in [2.05, 4.69) is 11.3 Å². The molecule has 0 amide bonds. The molecule has 20 heavy (non-hydrogen) atoms. The summed E-state index contributed by atoms with van der Waals surface area (Å²) < 4.78 is 44.9. The van der Waals surface area contributed by atoms with Gasteiger partial charge in [-0.3, -0.25) is 0 Å². The lowest BCUT2D eigenvalue weighted by molar-refractivity contribution is 0.162. The standard InChI is InChI=1S/C13H19FN2O3S/c1-9(2)8-19-5-4-16-20(17,18)11-6-10(3)13(14)12(15)7-11/h6-7,16H,1,4-5,8,15H2,2-3H3. The summed E-state index contributed by atoms with van der Waals surface area (Å²) in [5.74, 6) is -0.603. The molecule has 0 saturated carbocycles. The number of anilines is 1. The third kappa shape index (κ3) is 4.59. The predicted molar refractivity (Wildman–Crippen MR) is 76.4 cm³/mol. The fourth-order valence-electron chi connectivity index (χ4n) is 1.50. The number of halogens is 1. The monoisotopic (exact) mass is 302 g/mol. The maximum absolute atomic E-state index is 13.4. The third-order valence-corrected chi connectivity index (χ3v) is 3.89. The average molecular weight is 302 g/mol. The molecule has 0 aromatic heterocycles. The van der Waals surface area contributed by atoms with E-state index in [1.165, 1.54) is 13.0 Å². The number of hydrogen-bond acceptors (Lipinski definition) is 4. The lowest BCUT2D eigenvalue weighted by atomic mass is 10.2. The van der Waals surface area contributed by atoms with Crippen molar-refractivity contribution in [2.75, 3.05) is 25.5 Å². The normalized spacial score (nSPS) is 11.6. The summed E-state index contributed by atoms with van der Waals surface area (Å²) in [4.78, 5) is -0.0613. The van der Waals surface area contributed by atoms with Crippen LogP contribution >= 0.6 is 0 Å². The molecule has 0 bridgehead atoms. The Morgan fingerprint density at radius 1 is 1.50 bits per heavy atom. The SMILES string of the molecule is C=C(C)COCCNS(=O)(=O)c1cc(C)c(F)c(N)c1. The Balaban J connectivity index is 2.67. The molecule has 0 radical (unpaired) electrons. The van der Waals surface area contributed by atoms with Gasteiger partial charge in [-0.2, -0.15) is 0 Å². The highest BCUT2D eigenvalue weighted by Crippen LogP contribution is 2.20. The van der Waals surface area contributed by atoms with Crippen LogP contribution in [0.15, 0.2) is 29.2 Å². The molecule has 0 aliphatic rings. The Labute approximate surface area is 118 Å². The zero-order valence-corrected chi connectivity index (χ0v) is 12.4. The quantitative estimate of drug-likeness (QED) is 0.455. The molecule has 0 aliphatic heterocycles. The molecule has 0 spiro atoms. The smallest absolute Gasteiger partial charge is 0.240 e. The van der Waals surface area contributed by atoms with Crippen molar-refractivity contribution in [1.82, 2.24) is 4.72 Å². The van der Waals surface area contributed by atoms with Crippen molar-refractivity contribution in [1.29, 1.82) is 0 Å². The second-order valence-electron chi connectivity index (χ2n) is 4.55. The summed E-state index contributed by atoms with van der Waals surface area (Å²) >= 11 is 0. The summed E-state index contributed by atoms with van der Waals surface area (Å²) in [6.07, 6.45) is 0. The van der Waals surface area contributed by atoms with Gasteiger partial charge in [0, 0.05) is 6.54 Å². The molecule has 1 aromatic carbocycles. The number of rotatable bonds is 7. The number of nitrogen functional groups attached to an aromatic ring is 1. The Kier molecular flexibility index (Phi) is 5.67. The van der Waals surface area contributed by atoms with Gasteiger partial charge in [0.25, 0.3) is 0 Å². The summed E-state index contributed by atoms with van der Waals surface area (Å²) in [5, 5.41) is 0. The van der Waals surface area contributed by atoms with E-state index < -0.39 is 15.8 Å². The molecule has 5 nitrogen and oxygen atoms in total. The molecule has 0 heterocycles. The van der Waals surface area contributed by atoms with Crippen LogP contribution in [0.4, 0.5) is 10.1 Å². The number of sulfonamides is 1. The van der Waals surface area contributed by atoms with Gasteiger partial charge in [-0.1, -0.05) is 12.2 Å². The van der Waals surface area contributed by atoms with Crippen LogP contribution in [0.2, 0.25) is 0 Å². The first-order chi connectivity index (χ1) is 9.24. The van der Waals surface area contributed by atoms with E-state index >= 15 is 0 Å². The highest BCUT2D eigenvalue weighted by atomic mass is 32.2. The van der Waals surface area contributed by atoms with Crippen LogP contribution in [0.5, 0.6) is 0 Å². The molecule has 1 rings (SSSR count). The van der Waals surface area contributed by atoms with E-state index in [1.54, 1.807) is 0 Å². The number of benzene rings is 1. The highest BCUT2D eigenvalue weighted by Gasteiger charge is 2.16. The minimum atomic E-state index is -3.72. The van der Waals surface area contributed by atoms with Crippen LogP contribution in [0.3, 0.4) is 0 Å². The van der Waals surface area contributed by atoms with E-state index in [0.717, 1.165) is 11.6 Å². The molecule has 0 saturated heterocycles. The maximum Gasteiger partial charge on any atom is 0.240 e. The molecule has 0 aliphatic carbocycles. The Hall–Kier alpha value is -1.44. The molecule has 0 atom stereocenters. The second-order valence-corrected chi connectivity index (χ2v) is 6.32. The van der Waals surface area contributed by atoms with Crippen molar-refractivity contribution in [3.63, 3.8) is 0 Å². The van der Waals surface area contributed by atoms with Gasteiger partial charge < -0.3 is 10.5 Å². The van der Waals surface area contributed by atoms with E-state index in [9.17, 15) is 12.8 Å². The van der Waals surface area contributed by atoms with Gasteiger partial charge in [-0.05, 0) is 31.5 Å². The molecule has 3 N–H and O–H groups in total. The molecule has 0 unspecified atom stereocenters. The van der Waals surface area contributed by atoms with E-state index in [-0.39, 0.29) is 29.3 Å². The van der Waals surface area contributed by atoms with Crippen LogP contribution in [0, 0.1) is 12.7 Å². The second kappa shape index (κ2) is 6.83. The lowest BCUT2D eigenvalue weighted by Gasteiger charge is -2.10. The van der Waals surface area contributed by atoms with Crippen LogP contribution in [-0.4, -0.2) is 28.2 Å². The van der Waals surface area contributed by atoms with Crippen LogP contribution in [-0.2, 0) is 14.8 Å². The van der Waals surface area contributed by atoms with E-state index in [4.69, 9.17) is 10.5 Å². The van der Waals surface area contributed by atoms with Crippen molar-refractivity contribution in [2.45, 2.75) is 18.7 Å². The van der Waals surface area contributed by atoms with E-state index in [0.29, 0.717) is 6.61 Å². The van der Waals surface area contributed by atoms with Crippen LogP contribution in [0.1, 0.15) is 12.5 Å². The molecule has 0 fully saturated rings. The summed E-state index contributed by atoms with van der Waals surface area (Å²) in [7, 11) is -3.72. The Morgan fingerprint density at radius 3 is 2.70 bits per heavy atom. The van der Waals surface area contributed by atoms with Gasteiger partial charge in [-0.15, -0.1) is 0 Å².